The molecule has 2 bridgehead atoms. The number of hydrogen-bond acceptors (Lipinski definition) is 1. The topological polar surface area (TPSA) is 3.24 Å². The molecule has 8 aromatic carbocycles. The zero-order valence-corrected chi connectivity index (χ0v) is 33.5. The molecule has 0 saturated heterocycles. The highest BCUT2D eigenvalue weighted by molar-refractivity contribution is 6.00. The molecule has 0 amide bonds. The summed E-state index contributed by atoms with van der Waals surface area (Å²) in [6.45, 7) is 4.65. The number of hydrogen-bond donors (Lipinski definition) is 0. The first kappa shape index (κ1) is 35.0. The average Bonchev–Trinajstić information content (AvgIpc) is 4.00. The Bertz CT molecular complexity index is 2760. The van der Waals surface area contributed by atoms with Gasteiger partial charge in [0.05, 0.1) is 11.1 Å². The molecule has 3 aliphatic rings. The van der Waals surface area contributed by atoms with E-state index >= 15 is 0 Å². The molecule has 0 aromatic heterocycles. The van der Waals surface area contributed by atoms with Gasteiger partial charge in [-0.25, -0.2) is 0 Å². The van der Waals surface area contributed by atoms with Crippen LogP contribution in [0.25, 0.3) is 33.0 Å². The van der Waals surface area contributed by atoms with Gasteiger partial charge in [-0.2, -0.15) is 0 Å². The largest absolute Gasteiger partial charge is 0.310 e. The summed E-state index contributed by atoms with van der Waals surface area (Å²) < 4.78 is 0. The maximum atomic E-state index is 2.66. The van der Waals surface area contributed by atoms with Crippen molar-refractivity contribution < 1.29 is 0 Å². The maximum Gasteiger partial charge on any atom is 0.0714 e. The van der Waals surface area contributed by atoms with Crippen molar-refractivity contribution in [2.75, 3.05) is 4.90 Å². The van der Waals surface area contributed by atoms with Crippen LogP contribution in [0.15, 0.2) is 188 Å². The second-order valence-corrected chi connectivity index (χ2v) is 17.4. The van der Waals surface area contributed by atoms with Crippen molar-refractivity contribution in [1.82, 2.24) is 0 Å². The Morgan fingerprint density at radius 3 is 1.81 bits per heavy atom. The molecule has 282 valence electrons. The molecule has 3 aliphatic carbocycles. The summed E-state index contributed by atoms with van der Waals surface area (Å²) in [5, 5.41) is 2.51. The molecule has 0 aliphatic heterocycles. The minimum absolute atomic E-state index is 0.376. The van der Waals surface area contributed by atoms with Gasteiger partial charge < -0.3 is 4.90 Å². The van der Waals surface area contributed by atoms with E-state index in [0.717, 1.165) is 11.8 Å². The van der Waals surface area contributed by atoms with Crippen LogP contribution in [0, 0.1) is 11.8 Å². The van der Waals surface area contributed by atoms with E-state index in [1.165, 1.54) is 109 Å². The van der Waals surface area contributed by atoms with Crippen LogP contribution in [0.5, 0.6) is 0 Å². The molecular weight excluding hydrogens is 699 g/mol. The Morgan fingerprint density at radius 2 is 1.10 bits per heavy atom. The zero-order valence-electron chi connectivity index (χ0n) is 33.5. The third kappa shape index (κ3) is 5.43. The van der Waals surface area contributed by atoms with Crippen molar-refractivity contribution in [3.8, 4) is 22.3 Å². The lowest BCUT2D eigenvalue weighted by Crippen LogP contribution is -2.28. The normalized spacial score (nSPS) is 18.7. The van der Waals surface area contributed by atoms with Gasteiger partial charge >= 0.3 is 0 Å². The van der Waals surface area contributed by atoms with Crippen LogP contribution in [0.3, 0.4) is 0 Å². The first-order chi connectivity index (χ1) is 28.6. The van der Waals surface area contributed by atoms with Gasteiger partial charge in [0.2, 0.25) is 0 Å². The summed E-state index contributed by atoms with van der Waals surface area (Å²) in [4.78, 5) is 2.66. The lowest BCUT2D eigenvalue weighted by atomic mass is 9.67. The van der Waals surface area contributed by atoms with Crippen LogP contribution in [0.4, 0.5) is 17.1 Å². The molecule has 8 aromatic rings. The molecule has 0 N–H and O–H groups in total. The highest BCUT2D eigenvalue weighted by atomic mass is 15.1. The average molecular weight is 748 g/mol. The first-order valence-electron chi connectivity index (χ1n) is 21.5. The Labute approximate surface area is 343 Å². The zero-order chi connectivity index (χ0) is 38.8. The fourth-order valence-electron chi connectivity index (χ4n) is 11.5. The second-order valence-electron chi connectivity index (χ2n) is 17.4. The second kappa shape index (κ2) is 14.0. The van der Waals surface area contributed by atoms with Crippen molar-refractivity contribution in [3.63, 3.8) is 0 Å². The number of anilines is 3. The van der Waals surface area contributed by atoms with Gasteiger partial charge in [0.1, 0.15) is 0 Å². The van der Waals surface area contributed by atoms with Gasteiger partial charge in [0, 0.05) is 16.9 Å². The third-order valence-electron chi connectivity index (χ3n) is 14.0. The highest BCUT2D eigenvalue weighted by Gasteiger charge is 2.47. The standard InChI is InChI=1S/C57H49N/c1-38(2)46-23-11-12-24-47(46)52-35-40-17-9-10-18-41(40)36-56(52)58(55-28-16-14-26-50(55)51-34-39-29-30-42(51)33-39)45-31-32-49-48-25-13-15-27-53(48)57(54(49)37-45,43-19-5-3-6-20-43)44-21-7-4-8-22-44/h3-28,31-32,35-39,42,51H,29-30,33-34H2,1-2H3. The number of rotatable bonds is 8. The van der Waals surface area contributed by atoms with E-state index < -0.39 is 5.41 Å². The van der Waals surface area contributed by atoms with Crippen LogP contribution in [-0.4, -0.2) is 0 Å². The Morgan fingerprint density at radius 1 is 0.483 bits per heavy atom. The van der Waals surface area contributed by atoms with Crippen molar-refractivity contribution in [1.29, 1.82) is 0 Å². The van der Waals surface area contributed by atoms with E-state index in [1.807, 2.05) is 0 Å². The van der Waals surface area contributed by atoms with Gasteiger partial charge in [-0.05, 0) is 134 Å². The molecule has 11 rings (SSSR count). The number of para-hydroxylation sites is 1. The lowest BCUT2D eigenvalue weighted by molar-refractivity contribution is 0.420. The van der Waals surface area contributed by atoms with E-state index in [-0.39, 0.29) is 0 Å². The van der Waals surface area contributed by atoms with Crippen molar-refractivity contribution in [2.45, 2.75) is 56.8 Å². The van der Waals surface area contributed by atoms with Crippen molar-refractivity contribution in [2.24, 2.45) is 11.8 Å². The van der Waals surface area contributed by atoms with Gasteiger partial charge in [-0.3, -0.25) is 0 Å². The SMILES string of the molecule is CC(C)c1ccccc1-c1cc2ccccc2cc1N(c1ccc2c(c1)C(c1ccccc1)(c1ccccc1)c1ccccc1-2)c1ccccc1C1CC2CCC1C2. The van der Waals surface area contributed by atoms with E-state index in [1.54, 1.807) is 0 Å². The van der Waals surface area contributed by atoms with E-state index in [2.05, 4.69) is 207 Å². The molecule has 0 spiro atoms. The van der Waals surface area contributed by atoms with Gasteiger partial charge in [0.25, 0.3) is 0 Å². The summed E-state index contributed by atoms with van der Waals surface area (Å²) in [6, 6.07) is 71.3. The predicted molar refractivity (Wildman–Crippen MR) is 244 cm³/mol. The third-order valence-corrected chi connectivity index (χ3v) is 14.0. The van der Waals surface area contributed by atoms with E-state index in [9.17, 15) is 0 Å². The summed E-state index contributed by atoms with van der Waals surface area (Å²) in [5.74, 6) is 2.54. The maximum absolute atomic E-state index is 2.66. The summed E-state index contributed by atoms with van der Waals surface area (Å²) >= 11 is 0. The molecule has 3 atom stereocenters. The van der Waals surface area contributed by atoms with Crippen molar-refractivity contribution in [3.05, 3.63) is 221 Å². The molecule has 58 heavy (non-hydrogen) atoms. The molecule has 1 nitrogen and oxygen atoms in total. The number of benzene rings is 8. The van der Waals surface area contributed by atoms with Crippen LogP contribution in [0.1, 0.15) is 84.7 Å². The van der Waals surface area contributed by atoms with Gasteiger partial charge in [-0.15, -0.1) is 0 Å². The molecule has 0 heterocycles. The number of fused-ring (bicyclic) bond motifs is 6. The summed E-state index contributed by atoms with van der Waals surface area (Å²) in [5.41, 5.74) is 16.5. The Kier molecular flexibility index (Phi) is 8.47. The minimum atomic E-state index is -0.489. The fraction of sp³-hybridized carbons (Fsp3) is 0.193. The van der Waals surface area contributed by atoms with Crippen molar-refractivity contribution >= 4 is 27.8 Å². The van der Waals surface area contributed by atoms with Crippen LogP contribution in [-0.2, 0) is 5.41 Å². The lowest BCUT2D eigenvalue weighted by Gasteiger charge is -2.36. The quantitative estimate of drug-likeness (QED) is 0.150. The minimum Gasteiger partial charge on any atom is -0.310 e. The molecule has 2 fully saturated rings. The van der Waals surface area contributed by atoms with E-state index in [4.69, 9.17) is 0 Å². The first-order valence-corrected chi connectivity index (χ1v) is 21.5. The Hall–Kier alpha value is -6.18. The van der Waals surface area contributed by atoms with E-state index in [0.29, 0.717) is 11.8 Å². The molecule has 2 saturated carbocycles. The number of nitrogens with zero attached hydrogens (tertiary/aromatic N) is 1. The van der Waals surface area contributed by atoms with Gasteiger partial charge in [-0.1, -0.05) is 178 Å². The smallest absolute Gasteiger partial charge is 0.0714 e. The molecule has 0 radical (unpaired) electrons. The molecule has 3 unspecified atom stereocenters. The van der Waals surface area contributed by atoms with Gasteiger partial charge in [0.15, 0.2) is 0 Å². The molecule has 1 heteroatoms. The van der Waals surface area contributed by atoms with Crippen LogP contribution in [0.2, 0.25) is 0 Å². The fourth-order valence-corrected chi connectivity index (χ4v) is 11.5. The predicted octanol–water partition coefficient (Wildman–Crippen LogP) is 15.4. The molecular formula is C57H49N. The van der Waals surface area contributed by atoms with Crippen LogP contribution < -0.4 is 4.90 Å². The highest BCUT2D eigenvalue weighted by Crippen LogP contribution is 2.59. The summed E-state index contributed by atoms with van der Waals surface area (Å²) in [7, 11) is 0. The monoisotopic (exact) mass is 747 g/mol. The Balaban J connectivity index is 1.23. The summed E-state index contributed by atoms with van der Waals surface area (Å²) in [6.07, 6.45) is 5.40. The van der Waals surface area contributed by atoms with Crippen LogP contribution >= 0.6 is 0 Å².